The Morgan fingerprint density at radius 3 is 2.63 bits per heavy atom. The van der Waals surface area contributed by atoms with E-state index in [4.69, 9.17) is 13.9 Å². The van der Waals surface area contributed by atoms with Gasteiger partial charge in [-0.15, -0.1) is 16.8 Å². The first kappa shape index (κ1) is 19.1. The third-order valence-corrected chi connectivity index (χ3v) is 5.03. The molecule has 0 aliphatic rings. The molecule has 0 radical (unpaired) electrons. The first-order valence-corrected chi connectivity index (χ1v) is 9.69. The Hall–Kier alpha value is -2.67. The molecule has 0 saturated heterocycles. The lowest BCUT2D eigenvalue weighted by Gasteiger charge is -2.08. The van der Waals surface area contributed by atoms with Gasteiger partial charge in [-0.05, 0) is 43.7 Å². The molecule has 0 aliphatic carbocycles. The van der Waals surface area contributed by atoms with Gasteiger partial charge in [-0.1, -0.05) is 17.8 Å². The summed E-state index contributed by atoms with van der Waals surface area (Å²) in [6, 6.07) is 9.51. The largest absolute Gasteiger partial charge is 0.497 e. The van der Waals surface area contributed by atoms with Crippen molar-refractivity contribution < 1.29 is 13.9 Å². The predicted molar refractivity (Wildman–Crippen MR) is 106 cm³/mol. The SMILES string of the molecule is C=CCn1c(SCCCOc2ccc(OC)cc2)nnc1-c1ccoc1C. The van der Waals surface area contributed by atoms with Crippen molar-refractivity contribution in [2.45, 2.75) is 25.0 Å². The molecule has 2 aromatic heterocycles. The molecule has 6 nitrogen and oxygen atoms in total. The number of ether oxygens (including phenoxy) is 2. The van der Waals surface area contributed by atoms with Crippen molar-refractivity contribution in [2.75, 3.05) is 19.5 Å². The van der Waals surface area contributed by atoms with Crippen LogP contribution in [0.2, 0.25) is 0 Å². The molecule has 0 amide bonds. The van der Waals surface area contributed by atoms with Gasteiger partial charge in [-0.2, -0.15) is 0 Å². The van der Waals surface area contributed by atoms with Crippen molar-refractivity contribution in [3.8, 4) is 22.9 Å². The van der Waals surface area contributed by atoms with Gasteiger partial charge < -0.3 is 13.9 Å². The third kappa shape index (κ3) is 4.74. The lowest BCUT2D eigenvalue weighted by Crippen LogP contribution is -2.02. The molecule has 3 aromatic rings. The highest BCUT2D eigenvalue weighted by atomic mass is 32.2. The molecule has 0 spiro atoms. The Morgan fingerprint density at radius 2 is 1.96 bits per heavy atom. The summed E-state index contributed by atoms with van der Waals surface area (Å²) >= 11 is 1.66. The fraction of sp³-hybridized carbons (Fsp3) is 0.300. The molecule has 0 fully saturated rings. The zero-order valence-electron chi connectivity index (χ0n) is 15.6. The van der Waals surface area contributed by atoms with Gasteiger partial charge in [0.05, 0.1) is 25.5 Å². The molecule has 142 valence electrons. The summed E-state index contributed by atoms with van der Waals surface area (Å²) < 4.78 is 18.4. The fourth-order valence-corrected chi connectivity index (χ4v) is 3.45. The molecular formula is C20H23N3O3S. The van der Waals surface area contributed by atoms with Gasteiger partial charge in [0.2, 0.25) is 0 Å². The molecule has 0 saturated carbocycles. The van der Waals surface area contributed by atoms with Crippen molar-refractivity contribution in [3.63, 3.8) is 0 Å². The van der Waals surface area contributed by atoms with Crippen molar-refractivity contribution >= 4 is 11.8 Å². The minimum absolute atomic E-state index is 0.641. The van der Waals surface area contributed by atoms with Crippen molar-refractivity contribution in [1.29, 1.82) is 0 Å². The molecule has 0 unspecified atom stereocenters. The smallest absolute Gasteiger partial charge is 0.191 e. The van der Waals surface area contributed by atoms with E-state index in [-0.39, 0.29) is 0 Å². The second kappa shape index (κ2) is 9.32. The number of nitrogens with zero attached hydrogens (tertiary/aromatic N) is 3. The van der Waals surface area contributed by atoms with Crippen molar-refractivity contribution in [3.05, 3.63) is 55.0 Å². The average molecular weight is 385 g/mol. The number of furan rings is 1. The highest BCUT2D eigenvalue weighted by Gasteiger charge is 2.16. The Labute approximate surface area is 163 Å². The van der Waals surface area contributed by atoms with Crippen LogP contribution >= 0.6 is 11.8 Å². The average Bonchev–Trinajstić information content (AvgIpc) is 3.28. The molecule has 0 atom stereocenters. The van der Waals surface area contributed by atoms with Crippen LogP contribution in [-0.4, -0.2) is 34.2 Å². The molecule has 2 heterocycles. The molecule has 3 rings (SSSR count). The zero-order chi connectivity index (χ0) is 19.1. The Kier molecular flexibility index (Phi) is 6.59. The van der Waals surface area contributed by atoms with Crippen LogP contribution in [0.4, 0.5) is 0 Å². The van der Waals surface area contributed by atoms with Gasteiger partial charge in [0.1, 0.15) is 17.3 Å². The molecule has 1 aromatic carbocycles. The summed E-state index contributed by atoms with van der Waals surface area (Å²) in [5.41, 5.74) is 0.957. The van der Waals surface area contributed by atoms with Crippen molar-refractivity contribution in [2.24, 2.45) is 0 Å². The molecule has 0 N–H and O–H groups in total. The number of thioether (sulfide) groups is 1. The van der Waals surface area contributed by atoms with E-state index < -0.39 is 0 Å². The van der Waals surface area contributed by atoms with Gasteiger partial charge in [-0.3, -0.25) is 4.57 Å². The number of rotatable bonds is 10. The summed E-state index contributed by atoms with van der Waals surface area (Å²) in [6.07, 6.45) is 4.41. The quantitative estimate of drug-likeness (QED) is 0.289. The van der Waals surface area contributed by atoms with Crippen LogP contribution in [0.5, 0.6) is 11.5 Å². The summed E-state index contributed by atoms with van der Waals surface area (Å²) in [5.74, 6) is 4.18. The number of allylic oxidation sites excluding steroid dienone is 1. The Morgan fingerprint density at radius 1 is 1.19 bits per heavy atom. The van der Waals surface area contributed by atoms with Crippen LogP contribution in [0.25, 0.3) is 11.4 Å². The van der Waals surface area contributed by atoms with E-state index in [0.29, 0.717) is 13.2 Å². The highest BCUT2D eigenvalue weighted by Crippen LogP contribution is 2.27. The van der Waals surface area contributed by atoms with Crippen LogP contribution in [0, 0.1) is 6.92 Å². The first-order valence-electron chi connectivity index (χ1n) is 8.71. The van der Waals surface area contributed by atoms with E-state index in [1.807, 2.05) is 43.3 Å². The second-order valence-electron chi connectivity index (χ2n) is 5.82. The van der Waals surface area contributed by atoms with E-state index in [0.717, 1.165) is 46.0 Å². The van der Waals surface area contributed by atoms with E-state index in [1.54, 1.807) is 25.1 Å². The van der Waals surface area contributed by atoms with Gasteiger partial charge in [-0.25, -0.2) is 0 Å². The maximum atomic E-state index is 5.76. The van der Waals surface area contributed by atoms with E-state index in [1.165, 1.54) is 0 Å². The van der Waals surface area contributed by atoms with Crippen LogP contribution < -0.4 is 9.47 Å². The Bertz CT molecular complexity index is 871. The number of methoxy groups -OCH3 is 1. The zero-order valence-corrected chi connectivity index (χ0v) is 16.4. The second-order valence-corrected chi connectivity index (χ2v) is 6.88. The summed E-state index contributed by atoms with van der Waals surface area (Å²) in [6.45, 7) is 7.05. The van der Waals surface area contributed by atoms with Gasteiger partial charge in [0, 0.05) is 12.3 Å². The topological polar surface area (TPSA) is 62.3 Å². The van der Waals surface area contributed by atoms with Crippen LogP contribution in [-0.2, 0) is 6.54 Å². The number of benzene rings is 1. The number of aromatic nitrogens is 3. The standard InChI is InChI=1S/C20H23N3O3S/c1-4-11-23-19(18-10-13-25-15(18)2)21-22-20(23)27-14-5-12-26-17-8-6-16(24-3)7-9-17/h4,6-10,13H,1,5,11-12,14H2,2-3H3. The molecule has 7 heteroatoms. The summed E-state index contributed by atoms with van der Waals surface area (Å²) in [7, 11) is 1.65. The maximum Gasteiger partial charge on any atom is 0.191 e. The molecular weight excluding hydrogens is 362 g/mol. The molecule has 0 aliphatic heterocycles. The van der Waals surface area contributed by atoms with E-state index in [2.05, 4.69) is 21.3 Å². The Balaban J connectivity index is 1.54. The number of hydrogen-bond acceptors (Lipinski definition) is 6. The normalized spacial score (nSPS) is 10.7. The first-order chi connectivity index (χ1) is 13.2. The minimum Gasteiger partial charge on any atom is -0.497 e. The summed E-state index contributed by atoms with van der Waals surface area (Å²) in [5, 5.41) is 9.55. The van der Waals surface area contributed by atoms with Gasteiger partial charge in [0.25, 0.3) is 0 Å². The fourth-order valence-electron chi connectivity index (χ4n) is 2.59. The number of aryl methyl sites for hydroxylation is 1. The van der Waals surface area contributed by atoms with E-state index >= 15 is 0 Å². The van der Waals surface area contributed by atoms with Gasteiger partial charge >= 0.3 is 0 Å². The molecule has 27 heavy (non-hydrogen) atoms. The highest BCUT2D eigenvalue weighted by molar-refractivity contribution is 7.99. The summed E-state index contributed by atoms with van der Waals surface area (Å²) in [4.78, 5) is 0. The van der Waals surface area contributed by atoms with Crippen LogP contribution in [0.1, 0.15) is 12.2 Å². The predicted octanol–water partition coefficient (Wildman–Crippen LogP) is 4.60. The lowest BCUT2D eigenvalue weighted by molar-refractivity contribution is 0.318. The minimum atomic E-state index is 0.641. The van der Waals surface area contributed by atoms with Crippen LogP contribution in [0.15, 0.2) is 58.8 Å². The maximum absolute atomic E-state index is 5.76. The molecule has 0 bridgehead atoms. The van der Waals surface area contributed by atoms with Crippen molar-refractivity contribution in [1.82, 2.24) is 14.8 Å². The monoisotopic (exact) mass is 385 g/mol. The van der Waals surface area contributed by atoms with E-state index in [9.17, 15) is 0 Å². The van der Waals surface area contributed by atoms with Gasteiger partial charge in [0.15, 0.2) is 11.0 Å². The van der Waals surface area contributed by atoms with Crippen LogP contribution in [0.3, 0.4) is 0 Å². The third-order valence-electron chi connectivity index (χ3n) is 3.98. The lowest BCUT2D eigenvalue weighted by atomic mass is 10.2. The number of hydrogen-bond donors (Lipinski definition) is 0.